The van der Waals surface area contributed by atoms with Crippen molar-refractivity contribution >= 4 is 16.0 Å². The van der Waals surface area contributed by atoms with Gasteiger partial charge in [-0.25, -0.2) is 13.1 Å². The van der Waals surface area contributed by atoms with Gasteiger partial charge >= 0.3 is 5.97 Å². The van der Waals surface area contributed by atoms with Crippen LogP contribution in [-0.2, 0) is 19.6 Å². The van der Waals surface area contributed by atoms with E-state index in [0.717, 1.165) is 22.3 Å². The summed E-state index contributed by atoms with van der Waals surface area (Å²) in [6, 6.07) is 9.25. The summed E-state index contributed by atoms with van der Waals surface area (Å²) in [5, 5.41) is 7.92. The molecule has 9 heteroatoms. The molecule has 0 aliphatic heterocycles. The molecule has 0 bridgehead atoms. The van der Waals surface area contributed by atoms with Crippen LogP contribution in [0.3, 0.4) is 0 Å². The molecule has 176 valence electrons. The fourth-order valence-electron chi connectivity index (χ4n) is 3.63. The van der Waals surface area contributed by atoms with Crippen molar-refractivity contribution in [1.29, 1.82) is 0 Å². The smallest absolute Gasteiger partial charge is 0.307 e. The summed E-state index contributed by atoms with van der Waals surface area (Å²) in [4.78, 5) is 12.5. The van der Waals surface area contributed by atoms with Crippen LogP contribution in [0.15, 0.2) is 39.6 Å². The number of aromatic nitrogens is 2. The first-order valence-corrected chi connectivity index (χ1v) is 12.2. The number of hydrogen-bond acceptors (Lipinski definition) is 7. The van der Waals surface area contributed by atoms with E-state index in [2.05, 4.69) is 14.9 Å². The summed E-state index contributed by atoms with van der Waals surface area (Å²) >= 11 is 0. The van der Waals surface area contributed by atoms with E-state index in [1.54, 1.807) is 20.8 Å². The van der Waals surface area contributed by atoms with E-state index in [0.29, 0.717) is 17.0 Å². The van der Waals surface area contributed by atoms with Gasteiger partial charge in [-0.2, -0.15) is 0 Å². The number of nitrogens with one attached hydrogen (secondary N) is 1. The normalized spacial score (nSPS) is 12.5. The summed E-state index contributed by atoms with van der Waals surface area (Å²) in [6.07, 6.45) is -0.892. The largest absolute Gasteiger partial charge is 0.453 e. The van der Waals surface area contributed by atoms with Crippen molar-refractivity contribution in [3.05, 3.63) is 64.0 Å². The fourth-order valence-corrected chi connectivity index (χ4v) is 5.26. The minimum atomic E-state index is -3.79. The standard InChI is InChI=1S/C24H29N3O5S/c1-14-15(2)17(4)22(18(5)16(14)3)33(29,30)25-13-12-21(28)31-19(6)23-26-27-24(32-23)20-10-8-7-9-11-20/h7-11,19,25H,12-13H2,1-6H3. The highest BCUT2D eigenvalue weighted by atomic mass is 32.2. The quantitative estimate of drug-likeness (QED) is 0.489. The number of esters is 1. The maximum atomic E-state index is 13.0. The molecule has 3 aromatic rings. The highest BCUT2D eigenvalue weighted by molar-refractivity contribution is 7.89. The molecule has 33 heavy (non-hydrogen) atoms. The summed E-state index contributed by atoms with van der Waals surface area (Å²) < 4.78 is 39.4. The van der Waals surface area contributed by atoms with Gasteiger partial charge in [-0.3, -0.25) is 4.79 Å². The maximum Gasteiger partial charge on any atom is 0.307 e. The van der Waals surface area contributed by atoms with Crippen LogP contribution in [0, 0.1) is 34.6 Å². The van der Waals surface area contributed by atoms with Gasteiger partial charge in [0.1, 0.15) is 0 Å². The molecule has 0 aliphatic carbocycles. The third-order valence-corrected chi connectivity index (χ3v) is 7.67. The Morgan fingerprint density at radius 2 is 1.55 bits per heavy atom. The van der Waals surface area contributed by atoms with E-state index in [-0.39, 0.29) is 23.8 Å². The van der Waals surface area contributed by atoms with Crippen molar-refractivity contribution < 1.29 is 22.4 Å². The number of nitrogens with zero attached hydrogens (tertiary/aromatic N) is 2. The van der Waals surface area contributed by atoms with Gasteiger partial charge in [-0.15, -0.1) is 10.2 Å². The summed E-state index contributed by atoms with van der Waals surface area (Å²) in [7, 11) is -3.79. The lowest BCUT2D eigenvalue weighted by molar-refractivity contribution is -0.149. The Morgan fingerprint density at radius 1 is 0.970 bits per heavy atom. The molecular formula is C24H29N3O5S. The van der Waals surface area contributed by atoms with Gasteiger partial charge in [0.05, 0.1) is 11.3 Å². The molecule has 0 spiro atoms. The lowest BCUT2D eigenvalue weighted by atomic mass is 9.95. The average Bonchev–Trinajstić information content (AvgIpc) is 3.27. The van der Waals surface area contributed by atoms with E-state index in [1.807, 2.05) is 51.1 Å². The number of carbonyl (C=O) groups excluding carboxylic acids is 1. The third kappa shape index (κ3) is 5.31. The number of rotatable bonds is 8. The predicted octanol–water partition coefficient (Wildman–Crippen LogP) is 4.25. The number of sulfonamides is 1. The van der Waals surface area contributed by atoms with Gasteiger partial charge < -0.3 is 9.15 Å². The topological polar surface area (TPSA) is 111 Å². The summed E-state index contributed by atoms with van der Waals surface area (Å²) in [5.74, 6) is -0.0790. The van der Waals surface area contributed by atoms with Gasteiger partial charge in [0.2, 0.25) is 15.9 Å². The van der Waals surface area contributed by atoms with Crippen molar-refractivity contribution in [3.8, 4) is 11.5 Å². The van der Waals surface area contributed by atoms with Crippen LogP contribution in [0.5, 0.6) is 0 Å². The van der Waals surface area contributed by atoms with Gasteiger partial charge in [0.25, 0.3) is 5.89 Å². The minimum absolute atomic E-state index is 0.0855. The molecule has 1 atom stereocenters. The Morgan fingerprint density at radius 3 is 2.15 bits per heavy atom. The Bertz CT molecular complexity index is 1240. The molecule has 2 aromatic carbocycles. The third-order valence-electron chi connectivity index (χ3n) is 5.94. The molecule has 1 aromatic heterocycles. The fraction of sp³-hybridized carbons (Fsp3) is 0.375. The van der Waals surface area contributed by atoms with Crippen LogP contribution in [0.2, 0.25) is 0 Å². The zero-order chi connectivity index (χ0) is 24.3. The minimum Gasteiger partial charge on any atom is -0.453 e. The monoisotopic (exact) mass is 471 g/mol. The Kier molecular flexibility index (Phi) is 7.34. The maximum absolute atomic E-state index is 13.0. The summed E-state index contributed by atoms with van der Waals surface area (Å²) in [5.41, 5.74) is 5.16. The van der Waals surface area contributed by atoms with Crippen LogP contribution < -0.4 is 4.72 Å². The van der Waals surface area contributed by atoms with E-state index in [9.17, 15) is 13.2 Å². The molecule has 8 nitrogen and oxygen atoms in total. The first-order valence-electron chi connectivity index (χ1n) is 10.7. The van der Waals surface area contributed by atoms with Crippen LogP contribution in [0.25, 0.3) is 11.5 Å². The van der Waals surface area contributed by atoms with E-state index >= 15 is 0 Å². The van der Waals surface area contributed by atoms with Crippen molar-refractivity contribution in [2.24, 2.45) is 0 Å². The predicted molar refractivity (Wildman–Crippen MR) is 124 cm³/mol. The van der Waals surface area contributed by atoms with E-state index in [4.69, 9.17) is 9.15 Å². The van der Waals surface area contributed by atoms with Gasteiger partial charge in [0.15, 0.2) is 6.10 Å². The molecule has 0 fully saturated rings. The van der Waals surface area contributed by atoms with Crippen molar-refractivity contribution in [3.63, 3.8) is 0 Å². The second kappa shape index (κ2) is 9.84. The van der Waals surface area contributed by atoms with Crippen LogP contribution >= 0.6 is 0 Å². The van der Waals surface area contributed by atoms with Crippen LogP contribution in [0.4, 0.5) is 0 Å². The van der Waals surface area contributed by atoms with E-state index < -0.39 is 22.1 Å². The lowest BCUT2D eigenvalue weighted by Gasteiger charge is -2.19. The second-order valence-electron chi connectivity index (χ2n) is 8.05. The Balaban J connectivity index is 1.60. The average molecular weight is 472 g/mol. The Labute approximate surface area is 194 Å². The van der Waals surface area contributed by atoms with Crippen molar-refractivity contribution in [1.82, 2.24) is 14.9 Å². The number of carbonyl (C=O) groups is 1. The summed E-state index contributed by atoms with van der Waals surface area (Å²) in [6.45, 7) is 10.9. The molecular weight excluding hydrogens is 442 g/mol. The Hall–Kier alpha value is -3.04. The molecule has 3 rings (SSSR count). The SMILES string of the molecule is Cc1c(C)c(C)c(S(=O)(=O)NCCC(=O)OC(C)c2nnc(-c3ccccc3)o2)c(C)c1C. The second-order valence-corrected chi connectivity index (χ2v) is 9.75. The molecule has 0 saturated heterocycles. The lowest BCUT2D eigenvalue weighted by Crippen LogP contribution is -2.28. The molecule has 1 unspecified atom stereocenters. The van der Waals surface area contributed by atoms with Gasteiger partial charge in [-0.05, 0) is 81.5 Å². The van der Waals surface area contributed by atoms with Crippen LogP contribution in [0.1, 0.15) is 53.2 Å². The highest BCUT2D eigenvalue weighted by Crippen LogP contribution is 2.29. The first-order chi connectivity index (χ1) is 15.5. The molecule has 0 saturated carbocycles. The molecule has 0 amide bonds. The number of benzene rings is 2. The van der Waals surface area contributed by atoms with Crippen molar-refractivity contribution in [2.75, 3.05) is 6.54 Å². The molecule has 1 N–H and O–H groups in total. The first kappa shape index (κ1) is 24.6. The van der Waals surface area contributed by atoms with E-state index in [1.165, 1.54) is 0 Å². The van der Waals surface area contributed by atoms with Crippen LogP contribution in [-0.4, -0.2) is 31.1 Å². The molecule has 1 heterocycles. The number of ether oxygens (including phenoxy) is 1. The zero-order valence-corrected chi connectivity index (χ0v) is 20.5. The highest BCUT2D eigenvalue weighted by Gasteiger charge is 2.24. The van der Waals surface area contributed by atoms with Gasteiger partial charge in [0, 0.05) is 12.1 Å². The van der Waals surface area contributed by atoms with Crippen molar-refractivity contribution in [2.45, 2.75) is 59.0 Å². The zero-order valence-electron chi connectivity index (χ0n) is 19.7. The molecule has 0 radical (unpaired) electrons. The molecule has 0 aliphatic rings. The van der Waals surface area contributed by atoms with Gasteiger partial charge in [-0.1, -0.05) is 18.2 Å². The number of hydrogen-bond donors (Lipinski definition) is 1.